The largest absolute Gasteiger partial charge is 1.00 e. The van der Waals surface area contributed by atoms with E-state index in [4.69, 9.17) is 5.73 Å². The van der Waals surface area contributed by atoms with Crippen molar-refractivity contribution in [2.45, 2.75) is 13.0 Å². The van der Waals surface area contributed by atoms with Crippen molar-refractivity contribution in [1.29, 1.82) is 0 Å². The van der Waals surface area contributed by atoms with Gasteiger partial charge in [0.2, 0.25) is 0 Å². The van der Waals surface area contributed by atoms with E-state index in [1.165, 1.54) is 6.92 Å². The second-order valence-corrected chi connectivity index (χ2v) is 1.78. The molecule has 0 aliphatic carbocycles. The summed E-state index contributed by atoms with van der Waals surface area (Å²) in [4.78, 5) is 9.99. The van der Waals surface area contributed by atoms with Crippen LogP contribution in [0, 0.1) is 0 Å². The summed E-state index contributed by atoms with van der Waals surface area (Å²) >= 11 is 0. The van der Waals surface area contributed by atoms with Gasteiger partial charge in [0, 0.05) is 19.1 Å². The fraction of sp³-hybridized carbons (Fsp3) is 0.800. The Morgan fingerprint density at radius 2 is 2.30 bits per heavy atom. The Hall–Kier alpha value is 0.390. The molecule has 0 fully saturated rings. The average Bonchev–Trinajstić information content (AvgIpc) is 1.82. The molecule has 0 heterocycles. The molecular weight excluding hydrogens is 143 g/mol. The van der Waals surface area contributed by atoms with Crippen molar-refractivity contribution in [1.82, 2.24) is 5.32 Å². The van der Waals surface area contributed by atoms with Crippen LogP contribution in [0.1, 0.15) is 6.92 Å². The normalized spacial score (nSPS) is 11.8. The fourth-order valence-electron chi connectivity index (χ4n) is 0.383. The van der Waals surface area contributed by atoms with Crippen LogP contribution in [0.3, 0.4) is 0 Å². The molecule has 0 amide bonds. The van der Waals surface area contributed by atoms with Crippen molar-refractivity contribution in [2.24, 2.45) is 5.73 Å². The summed E-state index contributed by atoms with van der Waals surface area (Å²) in [6.07, 6.45) is 0. The van der Waals surface area contributed by atoms with Crippen molar-refractivity contribution in [3.63, 3.8) is 0 Å². The van der Waals surface area contributed by atoms with Gasteiger partial charge in [-0.15, -0.1) is 0 Å². The Morgan fingerprint density at radius 3 is 2.60 bits per heavy atom. The maximum absolute atomic E-state index is 9.99. The number of carbonyl (C=O) groups excluding carboxylic acids is 1. The molecule has 54 valence electrons. The number of carboxylic acids is 1. The van der Waals surface area contributed by atoms with Gasteiger partial charge in [0.15, 0.2) is 0 Å². The molecule has 0 radical (unpaired) electrons. The van der Waals surface area contributed by atoms with Gasteiger partial charge in [0.25, 0.3) is 0 Å². The van der Waals surface area contributed by atoms with Crippen LogP contribution in [0.15, 0.2) is 0 Å². The topological polar surface area (TPSA) is 78.2 Å². The van der Waals surface area contributed by atoms with Gasteiger partial charge in [-0.3, -0.25) is 0 Å². The van der Waals surface area contributed by atoms with Crippen molar-refractivity contribution < 1.29 is 39.5 Å². The number of nitrogens with one attached hydrogen (secondary N) is 1. The fourth-order valence-corrected chi connectivity index (χ4v) is 0.383. The van der Waals surface area contributed by atoms with E-state index in [2.05, 4.69) is 5.32 Å². The number of hydrogen-bond acceptors (Lipinski definition) is 4. The van der Waals surface area contributed by atoms with Gasteiger partial charge in [0.05, 0.1) is 5.97 Å². The van der Waals surface area contributed by atoms with Crippen molar-refractivity contribution >= 4 is 5.97 Å². The second-order valence-electron chi connectivity index (χ2n) is 1.78. The molecule has 0 aromatic heterocycles. The smallest absolute Gasteiger partial charge is 0.548 e. The Kier molecular flexibility index (Phi) is 9.76. The van der Waals surface area contributed by atoms with Crippen LogP contribution in [0.2, 0.25) is 0 Å². The van der Waals surface area contributed by atoms with Gasteiger partial charge in [0.1, 0.15) is 0 Å². The molecule has 0 unspecified atom stereocenters. The predicted molar refractivity (Wildman–Crippen MR) is 31.5 cm³/mol. The summed E-state index contributed by atoms with van der Waals surface area (Å²) in [5.41, 5.74) is 5.10. The van der Waals surface area contributed by atoms with Crippen molar-refractivity contribution in [3.8, 4) is 0 Å². The van der Waals surface area contributed by atoms with Gasteiger partial charge in [-0.2, -0.15) is 0 Å². The van der Waals surface area contributed by atoms with Crippen LogP contribution in [0.4, 0.5) is 0 Å². The standard InChI is InChI=1S/C5H12N2O2.Na/c1-4(5(8)9)7-3-2-6;/h4,7H,2-3,6H2,1H3,(H,8,9);/q;+1/p-1/t4-;/m0./s1. The molecule has 0 aromatic carbocycles. The zero-order valence-corrected chi connectivity index (χ0v) is 8.39. The molecule has 0 aliphatic rings. The van der Waals surface area contributed by atoms with Crippen molar-refractivity contribution in [3.05, 3.63) is 0 Å². The predicted octanol–water partition coefficient (Wildman–Crippen LogP) is -5.32. The summed E-state index contributed by atoms with van der Waals surface area (Å²) in [5.74, 6) is -1.09. The van der Waals surface area contributed by atoms with Crippen LogP contribution in [0.5, 0.6) is 0 Å². The van der Waals surface area contributed by atoms with Crippen molar-refractivity contribution in [2.75, 3.05) is 13.1 Å². The van der Waals surface area contributed by atoms with E-state index in [9.17, 15) is 9.90 Å². The molecule has 1 atom stereocenters. The maximum Gasteiger partial charge on any atom is 1.00 e. The van der Waals surface area contributed by atoms with E-state index in [-0.39, 0.29) is 29.6 Å². The number of aliphatic carboxylic acids is 1. The zero-order chi connectivity index (χ0) is 7.28. The summed E-state index contributed by atoms with van der Waals surface area (Å²) in [7, 11) is 0. The van der Waals surface area contributed by atoms with E-state index in [0.717, 1.165) is 0 Å². The first-order valence-corrected chi connectivity index (χ1v) is 2.82. The van der Waals surface area contributed by atoms with E-state index in [1.807, 2.05) is 0 Å². The van der Waals surface area contributed by atoms with Gasteiger partial charge < -0.3 is 21.0 Å². The summed E-state index contributed by atoms with van der Waals surface area (Å²) in [6.45, 7) is 2.47. The third-order valence-electron chi connectivity index (χ3n) is 0.948. The molecule has 0 saturated heterocycles. The minimum Gasteiger partial charge on any atom is -0.548 e. The first kappa shape index (κ1) is 13.0. The first-order chi connectivity index (χ1) is 4.18. The minimum atomic E-state index is -1.09. The Morgan fingerprint density at radius 1 is 1.80 bits per heavy atom. The molecule has 3 N–H and O–H groups in total. The summed E-state index contributed by atoms with van der Waals surface area (Å²) in [5, 5.41) is 12.6. The molecule has 10 heavy (non-hydrogen) atoms. The zero-order valence-electron chi connectivity index (χ0n) is 6.39. The first-order valence-electron chi connectivity index (χ1n) is 2.82. The maximum atomic E-state index is 9.99. The Labute approximate surface area is 82.5 Å². The number of carbonyl (C=O) groups is 1. The third kappa shape index (κ3) is 6.51. The Bertz CT molecular complexity index is 99.6. The SMILES string of the molecule is C[C@H](NCCN)C(=O)[O-].[Na+]. The molecular formula is C5H11N2NaO2. The number of nitrogens with two attached hydrogens (primary N) is 1. The van der Waals surface area contributed by atoms with Gasteiger partial charge in [-0.25, -0.2) is 0 Å². The number of hydrogen-bond donors (Lipinski definition) is 2. The van der Waals surface area contributed by atoms with E-state index < -0.39 is 12.0 Å². The van der Waals surface area contributed by atoms with Crippen LogP contribution < -0.4 is 45.7 Å². The van der Waals surface area contributed by atoms with E-state index >= 15 is 0 Å². The number of carboxylic acid groups (broad SMARTS) is 1. The molecule has 0 bridgehead atoms. The molecule has 0 aliphatic heterocycles. The average molecular weight is 154 g/mol. The van der Waals surface area contributed by atoms with Gasteiger partial charge >= 0.3 is 29.6 Å². The van der Waals surface area contributed by atoms with E-state index in [1.54, 1.807) is 0 Å². The summed E-state index contributed by atoms with van der Waals surface area (Å²) in [6, 6.07) is -0.603. The van der Waals surface area contributed by atoms with Gasteiger partial charge in [-0.05, 0) is 6.92 Å². The van der Waals surface area contributed by atoms with Crippen LogP contribution in [0.25, 0.3) is 0 Å². The summed E-state index contributed by atoms with van der Waals surface area (Å²) < 4.78 is 0. The second kappa shape index (κ2) is 7.50. The monoisotopic (exact) mass is 154 g/mol. The van der Waals surface area contributed by atoms with Crippen LogP contribution in [-0.4, -0.2) is 25.1 Å². The third-order valence-corrected chi connectivity index (χ3v) is 0.948. The molecule has 0 rings (SSSR count). The van der Waals surface area contributed by atoms with Gasteiger partial charge in [-0.1, -0.05) is 0 Å². The quantitative estimate of drug-likeness (QED) is 0.396. The Balaban J connectivity index is 0. The molecule has 0 spiro atoms. The molecule has 5 heteroatoms. The molecule has 0 saturated carbocycles. The minimum absolute atomic E-state index is 0. The van der Waals surface area contributed by atoms with Crippen LogP contribution >= 0.6 is 0 Å². The molecule has 4 nitrogen and oxygen atoms in total. The van der Waals surface area contributed by atoms with E-state index in [0.29, 0.717) is 13.1 Å². The van der Waals surface area contributed by atoms with Crippen LogP contribution in [-0.2, 0) is 4.79 Å². The molecule has 0 aromatic rings. The number of rotatable bonds is 4.